The molecule has 1 atom stereocenters. The summed E-state index contributed by atoms with van der Waals surface area (Å²) in [5.41, 5.74) is 1.26. The van der Waals surface area contributed by atoms with Crippen LogP contribution in [-0.2, 0) is 6.42 Å². The molecule has 0 N–H and O–H groups in total. The molecule has 0 radical (unpaired) electrons. The smallest absolute Gasteiger partial charge is 0.0625 e. The van der Waals surface area contributed by atoms with Crippen molar-refractivity contribution in [1.29, 1.82) is 0 Å². The molecule has 1 heterocycles. The van der Waals surface area contributed by atoms with Crippen molar-refractivity contribution in [3.63, 3.8) is 0 Å². The van der Waals surface area contributed by atoms with Crippen LogP contribution >= 0.6 is 15.9 Å². The van der Waals surface area contributed by atoms with Crippen LogP contribution in [0, 0.1) is 0 Å². The van der Waals surface area contributed by atoms with Crippen LogP contribution in [0.3, 0.4) is 0 Å². The average molecular weight is 313 g/mol. The van der Waals surface area contributed by atoms with Gasteiger partial charge in [-0.25, -0.2) is 0 Å². The van der Waals surface area contributed by atoms with Gasteiger partial charge in [-0.1, -0.05) is 48.5 Å². The number of aryl methyl sites for hydroxylation is 1. The van der Waals surface area contributed by atoms with Crippen LogP contribution < -0.4 is 0 Å². The largest absolute Gasteiger partial charge is 0.269 e. The van der Waals surface area contributed by atoms with E-state index in [1.54, 1.807) is 0 Å². The highest BCUT2D eigenvalue weighted by Crippen LogP contribution is 2.27. The zero-order valence-electron chi connectivity index (χ0n) is 11.4. The monoisotopic (exact) mass is 312 g/mol. The summed E-state index contributed by atoms with van der Waals surface area (Å²) in [6.07, 6.45) is 13.8. The Balaban J connectivity index is 1.82. The minimum absolute atomic E-state index is 0.655. The molecule has 102 valence electrons. The van der Waals surface area contributed by atoms with E-state index < -0.39 is 0 Å². The molecule has 1 aliphatic carbocycles. The van der Waals surface area contributed by atoms with E-state index in [2.05, 4.69) is 39.8 Å². The molecular weight excluding hydrogens is 288 g/mol. The Morgan fingerprint density at radius 2 is 2.11 bits per heavy atom. The molecule has 1 unspecified atom stereocenters. The Morgan fingerprint density at radius 3 is 2.83 bits per heavy atom. The third-order valence-electron chi connectivity index (χ3n) is 3.93. The van der Waals surface area contributed by atoms with Gasteiger partial charge in [0.1, 0.15) is 0 Å². The van der Waals surface area contributed by atoms with Gasteiger partial charge in [-0.3, -0.25) is 4.68 Å². The first-order valence-electron chi connectivity index (χ1n) is 7.47. The van der Waals surface area contributed by atoms with Crippen molar-refractivity contribution in [1.82, 2.24) is 9.78 Å². The second-order valence-electron chi connectivity index (χ2n) is 5.50. The summed E-state index contributed by atoms with van der Waals surface area (Å²) < 4.78 is 2.22. The van der Waals surface area contributed by atoms with Gasteiger partial charge in [0, 0.05) is 11.0 Å². The van der Waals surface area contributed by atoms with Crippen molar-refractivity contribution >= 4 is 15.9 Å². The second-order valence-corrected chi connectivity index (χ2v) is 6.80. The van der Waals surface area contributed by atoms with Gasteiger partial charge in [-0.05, 0) is 38.2 Å². The Kier molecular flexibility index (Phi) is 5.74. The molecule has 0 aromatic carbocycles. The molecule has 2 nitrogen and oxygen atoms in total. The van der Waals surface area contributed by atoms with E-state index in [1.807, 2.05) is 0 Å². The fourth-order valence-electron chi connectivity index (χ4n) is 2.82. The lowest BCUT2D eigenvalue weighted by Crippen LogP contribution is -2.13. The number of aromatic nitrogens is 2. The fourth-order valence-corrected chi connectivity index (χ4v) is 3.51. The molecule has 1 fully saturated rings. The summed E-state index contributed by atoms with van der Waals surface area (Å²) in [4.78, 5) is 0.655. The molecule has 1 aliphatic rings. The van der Waals surface area contributed by atoms with Crippen molar-refractivity contribution in [2.45, 2.75) is 75.6 Å². The zero-order chi connectivity index (χ0) is 12.8. The van der Waals surface area contributed by atoms with Gasteiger partial charge in [-0.2, -0.15) is 5.10 Å². The van der Waals surface area contributed by atoms with Crippen LogP contribution in [0.25, 0.3) is 0 Å². The second kappa shape index (κ2) is 7.32. The number of rotatable bonds is 6. The molecule has 0 saturated heterocycles. The van der Waals surface area contributed by atoms with Crippen LogP contribution in [0.4, 0.5) is 0 Å². The molecule has 0 amide bonds. The lowest BCUT2D eigenvalue weighted by atomic mass is 9.96. The highest BCUT2D eigenvalue weighted by atomic mass is 79.9. The standard InChI is InChI=1S/C15H25BrN2/c1-2-6-13(16)9-10-14-11-12-18(17-14)15-7-4-3-5-8-15/h11-13,15H,2-10H2,1H3. The summed E-state index contributed by atoms with van der Waals surface area (Å²) >= 11 is 3.74. The van der Waals surface area contributed by atoms with Crippen molar-refractivity contribution in [3.8, 4) is 0 Å². The normalized spacial score (nSPS) is 19.0. The maximum atomic E-state index is 4.76. The summed E-state index contributed by atoms with van der Waals surface area (Å²) in [6, 6.07) is 2.88. The van der Waals surface area contributed by atoms with Crippen LogP contribution in [-0.4, -0.2) is 14.6 Å². The van der Waals surface area contributed by atoms with E-state index in [1.165, 1.54) is 57.1 Å². The molecule has 0 aliphatic heterocycles. The molecule has 0 bridgehead atoms. The Hall–Kier alpha value is -0.310. The van der Waals surface area contributed by atoms with E-state index >= 15 is 0 Å². The predicted molar refractivity (Wildman–Crippen MR) is 80.3 cm³/mol. The van der Waals surface area contributed by atoms with E-state index in [9.17, 15) is 0 Å². The average Bonchev–Trinajstić information content (AvgIpc) is 2.87. The summed E-state index contributed by atoms with van der Waals surface area (Å²) in [7, 11) is 0. The van der Waals surface area contributed by atoms with Crippen LogP contribution in [0.15, 0.2) is 12.3 Å². The van der Waals surface area contributed by atoms with Gasteiger partial charge in [0.05, 0.1) is 11.7 Å². The first-order chi connectivity index (χ1) is 8.79. The molecule has 0 spiro atoms. The Morgan fingerprint density at radius 1 is 1.33 bits per heavy atom. The van der Waals surface area contributed by atoms with Gasteiger partial charge < -0.3 is 0 Å². The van der Waals surface area contributed by atoms with Gasteiger partial charge in [0.15, 0.2) is 0 Å². The molecule has 1 aromatic heterocycles. The van der Waals surface area contributed by atoms with Crippen molar-refractivity contribution in [3.05, 3.63) is 18.0 Å². The van der Waals surface area contributed by atoms with Gasteiger partial charge in [0.2, 0.25) is 0 Å². The van der Waals surface area contributed by atoms with E-state index in [0.29, 0.717) is 10.9 Å². The number of alkyl halides is 1. The van der Waals surface area contributed by atoms with Crippen molar-refractivity contribution < 1.29 is 0 Å². The molecular formula is C15H25BrN2. The molecule has 18 heavy (non-hydrogen) atoms. The molecule has 3 heteroatoms. The quantitative estimate of drug-likeness (QED) is 0.684. The van der Waals surface area contributed by atoms with Gasteiger partial charge >= 0.3 is 0 Å². The highest BCUT2D eigenvalue weighted by molar-refractivity contribution is 9.09. The summed E-state index contributed by atoms with van der Waals surface area (Å²) in [5.74, 6) is 0. The van der Waals surface area contributed by atoms with E-state index in [4.69, 9.17) is 5.10 Å². The lowest BCUT2D eigenvalue weighted by molar-refractivity contribution is 0.328. The number of hydrogen-bond donors (Lipinski definition) is 0. The van der Waals surface area contributed by atoms with Crippen LogP contribution in [0.1, 0.15) is 70.0 Å². The molecule has 1 aromatic rings. The zero-order valence-corrected chi connectivity index (χ0v) is 13.0. The SMILES string of the molecule is CCCC(Br)CCc1ccn(C2CCCCC2)n1. The number of halogens is 1. The maximum Gasteiger partial charge on any atom is 0.0625 e. The third kappa shape index (κ3) is 4.11. The minimum atomic E-state index is 0.655. The molecule has 2 rings (SSSR count). The third-order valence-corrected chi connectivity index (χ3v) is 4.84. The van der Waals surface area contributed by atoms with Crippen molar-refractivity contribution in [2.24, 2.45) is 0 Å². The topological polar surface area (TPSA) is 17.8 Å². The first kappa shape index (κ1) is 14.1. The van der Waals surface area contributed by atoms with Gasteiger partial charge in [0.25, 0.3) is 0 Å². The van der Waals surface area contributed by atoms with Gasteiger partial charge in [-0.15, -0.1) is 0 Å². The Labute approximate surface area is 119 Å². The fraction of sp³-hybridized carbons (Fsp3) is 0.800. The molecule has 1 saturated carbocycles. The maximum absolute atomic E-state index is 4.76. The summed E-state index contributed by atoms with van der Waals surface area (Å²) in [6.45, 7) is 2.24. The highest BCUT2D eigenvalue weighted by Gasteiger charge is 2.16. The summed E-state index contributed by atoms with van der Waals surface area (Å²) in [5, 5.41) is 4.76. The number of hydrogen-bond acceptors (Lipinski definition) is 1. The number of nitrogens with zero attached hydrogens (tertiary/aromatic N) is 2. The van der Waals surface area contributed by atoms with E-state index in [-0.39, 0.29) is 0 Å². The van der Waals surface area contributed by atoms with Crippen LogP contribution in [0.2, 0.25) is 0 Å². The minimum Gasteiger partial charge on any atom is -0.269 e. The predicted octanol–water partition coefficient (Wildman–Crippen LogP) is 4.88. The van der Waals surface area contributed by atoms with Crippen LogP contribution in [0.5, 0.6) is 0 Å². The Bertz CT molecular complexity index is 342. The lowest BCUT2D eigenvalue weighted by Gasteiger charge is -2.21. The van der Waals surface area contributed by atoms with Crippen molar-refractivity contribution in [2.75, 3.05) is 0 Å². The first-order valence-corrected chi connectivity index (χ1v) is 8.39. The van der Waals surface area contributed by atoms with E-state index in [0.717, 1.165) is 6.42 Å².